The highest BCUT2D eigenvalue weighted by Crippen LogP contribution is 2.24. The first-order chi connectivity index (χ1) is 11.6. The van der Waals surface area contributed by atoms with Gasteiger partial charge in [-0.15, -0.1) is 0 Å². The average molecular weight is 340 g/mol. The van der Waals surface area contributed by atoms with Crippen molar-refractivity contribution in [3.05, 3.63) is 0 Å². The fourth-order valence-corrected chi connectivity index (χ4v) is 3.68. The Balaban J connectivity index is 1.71. The zero-order valence-electron chi connectivity index (χ0n) is 14.8. The Morgan fingerprint density at radius 2 is 1.83 bits per heavy atom. The second kappa shape index (κ2) is 9.99. The smallest absolute Gasteiger partial charge is 0.222 e. The fraction of sp³-hybridized carbons (Fsp3) is 0.889. The minimum Gasteiger partial charge on any atom is -0.394 e. The molecule has 1 aliphatic carbocycles. The molecule has 1 saturated heterocycles. The van der Waals surface area contributed by atoms with Gasteiger partial charge in [0.2, 0.25) is 11.8 Å². The second-order valence-corrected chi connectivity index (χ2v) is 7.10. The van der Waals surface area contributed by atoms with E-state index in [-0.39, 0.29) is 30.6 Å². The van der Waals surface area contributed by atoms with Crippen molar-refractivity contribution in [3.63, 3.8) is 0 Å². The monoisotopic (exact) mass is 340 g/mol. The van der Waals surface area contributed by atoms with Crippen molar-refractivity contribution >= 4 is 11.8 Å². The molecule has 1 heterocycles. The lowest BCUT2D eigenvalue weighted by Gasteiger charge is -2.36. The van der Waals surface area contributed by atoms with Crippen LogP contribution in [0.5, 0.6) is 0 Å². The van der Waals surface area contributed by atoms with Gasteiger partial charge in [-0.25, -0.2) is 0 Å². The van der Waals surface area contributed by atoms with Crippen LogP contribution < -0.4 is 10.6 Å². The van der Waals surface area contributed by atoms with Gasteiger partial charge in [-0.1, -0.05) is 26.2 Å². The molecule has 2 amide bonds. The fourth-order valence-electron chi connectivity index (χ4n) is 3.68. The average Bonchev–Trinajstić information content (AvgIpc) is 2.62. The summed E-state index contributed by atoms with van der Waals surface area (Å²) in [4.78, 5) is 23.7. The summed E-state index contributed by atoms with van der Waals surface area (Å²) in [6.07, 6.45) is 7.90. The van der Waals surface area contributed by atoms with Crippen LogP contribution in [0.4, 0.5) is 0 Å². The van der Waals surface area contributed by atoms with E-state index in [2.05, 4.69) is 10.6 Å². The predicted octanol–water partition coefficient (Wildman–Crippen LogP) is 1.51. The molecule has 0 unspecified atom stereocenters. The Hall–Kier alpha value is -1.14. The van der Waals surface area contributed by atoms with E-state index in [0.717, 1.165) is 19.4 Å². The zero-order valence-corrected chi connectivity index (χ0v) is 14.8. The SMILES string of the molecule is CCC(=O)N[C@H]1CC[C@H](CC(=O)NCC2CCCCC2)O[C@@H]1CO. The number of aliphatic hydroxyl groups excluding tert-OH is 1. The van der Waals surface area contributed by atoms with Gasteiger partial charge < -0.3 is 20.5 Å². The predicted molar refractivity (Wildman–Crippen MR) is 91.4 cm³/mol. The highest BCUT2D eigenvalue weighted by molar-refractivity contribution is 5.76. The van der Waals surface area contributed by atoms with Gasteiger partial charge in [0.05, 0.1) is 25.2 Å². The Morgan fingerprint density at radius 1 is 1.08 bits per heavy atom. The molecule has 138 valence electrons. The molecule has 6 heteroatoms. The van der Waals surface area contributed by atoms with Crippen LogP contribution in [0.15, 0.2) is 0 Å². The van der Waals surface area contributed by atoms with Crippen molar-refractivity contribution < 1.29 is 19.4 Å². The van der Waals surface area contributed by atoms with Crippen LogP contribution in [0.25, 0.3) is 0 Å². The van der Waals surface area contributed by atoms with Crippen molar-refractivity contribution in [2.24, 2.45) is 5.92 Å². The third-order valence-electron chi connectivity index (χ3n) is 5.19. The number of amides is 2. The van der Waals surface area contributed by atoms with Crippen LogP contribution in [0.2, 0.25) is 0 Å². The Morgan fingerprint density at radius 3 is 2.50 bits per heavy atom. The first kappa shape index (κ1) is 19.2. The minimum atomic E-state index is -0.426. The van der Waals surface area contributed by atoms with E-state index in [9.17, 15) is 14.7 Å². The van der Waals surface area contributed by atoms with Crippen LogP contribution in [0, 0.1) is 5.92 Å². The highest BCUT2D eigenvalue weighted by atomic mass is 16.5. The molecule has 0 aromatic heterocycles. The van der Waals surface area contributed by atoms with Crippen LogP contribution in [0.1, 0.15) is 64.7 Å². The number of carbonyl (C=O) groups excluding carboxylic acids is 2. The van der Waals surface area contributed by atoms with Gasteiger partial charge in [0.1, 0.15) is 6.10 Å². The van der Waals surface area contributed by atoms with Gasteiger partial charge in [-0.3, -0.25) is 9.59 Å². The lowest BCUT2D eigenvalue weighted by atomic mass is 9.89. The molecule has 0 aromatic carbocycles. The summed E-state index contributed by atoms with van der Waals surface area (Å²) in [6.45, 7) is 2.42. The van der Waals surface area contributed by atoms with E-state index in [0.29, 0.717) is 18.8 Å². The standard InChI is InChI=1S/C18H32N2O4/c1-2-17(22)20-15-9-8-14(24-16(15)12-21)10-18(23)19-11-13-6-4-3-5-7-13/h13-16,21H,2-12H2,1H3,(H,19,23)(H,20,22)/t14-,15+,16-/m1/s1. The summed E-state index contributed by atoms with van der Waals surface area (Å²) < 4.78 is 5.83. The van der Waals surface area contributed by atoms with E-state index in [1.165, 1.54) is 32.1 Å². The molecule has 1 saturated carbocycles. The molecule has 1 aliphatic heterocycles. The third kappa shape index (κ3) is 6.06. The maximum atomic E-state index is 12.1. The highest BCUT2D eigenvalue weighted by Gasteiger charge is 2.32. The lowest BCUT2D eigenvalue weighted by Crippen LogP contribution is -2.51. The van der Waals surface area contributed by atoms with Gasteiger partial charge in [-0.05, 0) is 31.6 Å². The zero-order chi connectivity index (χ0) is 17.4. The maximum absolute atomic E-state index is 12.1. The molecule has 3 atom stereocenters. The third-order valence-corrected chi connectivity index (χ3v) is 5.19. The molecule has 2 fully saturated rings. The van der Waals surface area contributed by atoms with E-state index < -0.39 is 6.10 Å². The molecule has 3 N–H and O–H groups in total. The van der Waals surface area contributed by atoms with Gasteiger partial charge >= 0.3 is 0 Å². The summed E-state index contributed by atoms with van der Waals surface area (Å²) in [5, 5.41) is 15.4. The molecular weight excluding hydrogens is 308 g/mol. The van der Waals surface area contributed by atoms with Crippen molar-refractivity contribution in [1.29, 1.82) is 0 Å². The second-order valence-electron chi connectivity index (χ2n) is 7.10. The summed E-state index contributed by atoms with van der Waals surface area (Å²) in [6, 6.07) is -0.163. The maximum Gasteiger partial charge on any atom is 0.222 e. The van der Waals surface area contributed by atoms with E-state index in [4.69, 9.17) is 4.74 Å². The van der Waals surface area contributed by atoms with Gasteiger partial charge in [-0.2, -0.15) is 0 Å². The Kier molecular flexibility index (Phi) is 7.99. The molecule has 2 rings (SSSR count). The summed E-state index contributed by atoms with van der Waals surface area (Å²) in [5.41, 5.74) is 0. The molecule has 6 nitrogen and oxygen atoms in total. The molecule has 0 radical (unpaired) electrons. The lowest BCUT2D eigenvalue weighted by molar-refractivity contribution is -0.135. The number of carbonyl (C=O) groups is 2. The number of rotatable bonds is 7. The van der Waals surface area contributed by atoms with Crippen LogP contribution in [-0.4, -0.2) is 48.3 Å². The first-order valence-corrected chi connectivity index (χ1v) is 9.44. The number of ether oxygens (including phenoxy) is 1. The summed E-state index contributed by atoms with van der Waals surface area (Å²) in [7, 11) is 0. The number of hydrogen-bond donors (Lipinski definition) is 3. The molecule has 24 heavy (non-hydrogen) atoms. The summed E-state index contributed by atoms with van der Waals surface area (Å²) in [5.74, 6) is 0.609. The van der Waals surface area contributed by atoms with Crippen LogP contribution in [-0.2, 0) is 14.3 Å². The minimum absolute atomic E-state index is 0.0262. The Labute approximate surface area is 144 Å². The summed E-state index contributed by atoms with van der Waals surface area (Å²) >= 11 is 0. The molecule has 2 aliphatic rings. The van der Waals surface area contributed by atoms with Crippen molar-refractivity contribution in [3.8, 4) is 0 Å². The van der Waals surface area contributed by atoms with Crippen LogP contribution in [0.3, 0.4) is 0 Å². The van der Waals surface area contributed by atoms with Gasteiger partial charge in [0, 0.05) is 13.0 Å². The van der Waals surface area contributed by atoms with Gasteiger partial charge in [0.15, 0.2) is 0 Å². The molecule has 0 bridgehead atoms. The normalized spacial score (nSPS) is 28.3. The van der Waals surface area contributed by atoms with Crippen molar-refractivity contribution in [1.82, 2.24) is 10.6 Å². The largest absolute Gasteiger partial charge is 0.394 e. The van der Waals surface area contributed by atoms with E-state index in [1.54, 1.807) is 6.92 Å². The quantitative estimate of drug-likeness (QED) is 0.655. The van der Waals surface area contributed by atoms with Crippen molar-refractivity contribution in [2.75, 3.05) is 13.2 Å². The van der Waals surface area contributed by atoms with E-state index in [1.807, 2.05) is 0 Å². The molecular formula is C18H32N2O4. The Bertz CT molecular complexity index is 410. The molecule has 0 aromatic rings. The van der Waals surface area contributed by atoms with Crippen molar-refractivity contribution in [2.45, 2.75) is 83.0 Å². The van der Waals surface area contributed by atoms with Crippen LogP contribution >= 0.6 is 0 Å². The topological polar surface area (TPSA) is 87.7 Å². The number of aliphatic hydroxyl groups is 1. The molecule has 0 spiro atoms. The number of nitrogens with one attached hydrogen (secondary N) is 2. The van der Waals surface area contributed by atoms with Gasteiger partial charge in [0.25, 0.3) is 0 Å². The van der Waals surface area contributed by atoms with E-state index >= 15 is 0 Å². The first-order valence-electron chi connectivity index (χ1n) is 9.44. The number of hydrogen-bond acceptors (Lipinski definition) is 4.